The van der Waals surface area contributed by atoms with E-state index in [0.717, 1.165) is 23.9 Å². The molecule has 0 spiro atoms. The number of carbonyl (C=O) groups excluding carboxylic acids is 1. The molecule has 3 aromatic heterocycles. The van der Waals surface area contributed by atoms with Crippen LogP contribution >= 0.6 is 0 Å². The Labute approximate surface area is 150 Å². The van der Waals surface area contributed by atoms with Crippen molar-refractivity contribution in [1.29, 1.82) is 0 Å². The molecular weight excluding hydrogens is 328 g/mol. The Hall–Kier alpha value is -3.41. The number of pyridine rings is 1. The fraction of sp³-hybridized carbons (Fsp3) is 0.150. The second-order valence-electron chi connectivity index (χ2n) is 5.94. The molecule has 6 heteroatoms. The third-order valence-corrected chi connectivity index (χ3v) is 4.13. The van der Waals surface area contributed by atoms with Crippen molar-refractivity contribution in [3.8, 4) is 11.5 Å². The Balaban J connectivity index is 1.77. The van der Waals surface area contributed by atoms with Gasteiger partial charge in [0.2, 0.25) is 0 Å². The van der Waals surface area contributed by atoms with Crippen LogP contribution in [0.4, 0.5) is 5.82 Å². The van der Waals surface area contributed by atoms with Crippen molar-refractivity contribution >= 4 is 22.6 Å². The molecule has 0 saturated heterocycles. The molecule has 4 rings (SSSR count). The van der Waals surface area contributed by atoms with Gasteiger partial charge in [-0.2, -0.15) is 5.10 Å². The largest absolute Gasteiger partial charge is 0.463 e. The first-order valence-corrected chi connectivity index (χ1v) is 8.53. The molecule has 0 fully saturated rings. The third-order valence-electron chi connectivity index (χ3n) is 4.13. The Morgan fingerprint density at radius 3 is 2.88 bits per heavy atom. The lowest BCUT2D eigenvalue weighted by Gasteiger charge is -2.11. The molecule has 130 valence electrons. The first-order chi connectivity index (χ1) is 12.8. The van der Waals surface area contributed by atoms with E-state index in [9.17, 15) is 4.79 Å². The van der Waals surface area contributed by atoms with Gasteiger partial charge in [0.15, 0.2) is 5.76 Å². The summed E-state index contributed by atoms with van der Waals surface area (Å²) in [6, 6.07) is 14.8. The van der Waals surface area contributed by atoms with Crippen molar-refractivity contribution in [1.82, 2.24) is 14.8 Å². The maximum Gasteiger partial charge on any atom is 0.257 e. The van der Waals surface area contributed by atoms with Gasteiger partial charge in [-0.15, -0.1) is 0 Å². The van der Waals surface area contributed by atoms with Gasteiger partial charge in [-0.25, -0.2) is 9.67 Å². The number of amides is 1. The summed E-state index contributed by atoms with van der Waals surface area (Å²) in [5.41, 5.74) is 1.92. The van der Waals surface area contributed by atoms with E-state index in [2.05, 4.69) is 22.3 Å². The molecule has 1 amide bonds. The maximum absolute atomic E-state index is 13.0. The minimum absolute atomic E-state index is 0.200. The molecule has 0 aliphatic rings. The van der Waals surface area contributed by atoms with Gasteiger partial charge in [0.25, 0.3) is 5.91 Å². The van der Waals surface area contributed by atoms with Gasteiger partial charge < -0.3 is 9.73 Å². The lowest BCUT2D eigenvalue weighted by molar-refractivity contribution is 0.102. The number of anilines is 1. The fourth-order valence-electron chi connectivity index (χ4n) is 2.93. The quantitative estimate of drug-likeness (QED) is 0.583. The van der Waals surface area contributed by atoms with Crippen LogP contribution in [0.15, 0.2) is 65.4 Å². The van der Waals surface area contributed by atoms with Crippen molar-refractivity contribution in [3.05, 3.63) is 66.6 Å². The zero-order valence-electron chi connectivity index (χ0n) is 14.3. The van der Waals surface area contributed by atoms with Gasteiger partial charge in [-0.05, 0) is 30.7 Å². The molecule has 4 aromatic rings. The number of hydrogen-bond acceptors (Lipinski definition) is 4. The molecule has 0 aliphatic heterocycles. The average Bonchev–Trinajstić information content (AvgIpc) is 3.34. The Kier molecular flexibility index (Phi) is 4.23. The molecule has 0 bridgehead atoms. The molecule has 0 radical (unpaired) electrons. The first kappa shape index (κ1) is 16.1. The lowest BCUT2D eigenvalue weighted by atomic mass is 10.1. The number of furan rings is 1. The van der Waals surface area contributed by atoms with E-state index in [1.165, 1.54) is 0 Å². The van der Waals surface area contributed by atoms with E-state index < -0.39 is 0 Å². The van der Waals surface area contributed by atoms with Gasteiger partial charge in [0.05, 0.1) is 23.5 Å². The molecule has 6 nitrogen and oxygen atoms in total. The second kappa shape index (κ2) is 6.84. The normalized spacial score (nSPS) is 11.0. The zero-order chi connectivity index (χ0) is 17.9. The number of aryl methyl sites for hydroxylation is 1. The van der Waals surface area contributed by atoms with Crippen LogP contribution < -0.4 is 5.32 Å². The molecule has 0 aliphatic carbocycles. The third kappa shape index (κ3) is 2.97. The van der Waals surface area contributed by atoms with E-state index in [1.54, 1.807) is 35.3 Å². The summed E-state index contributed by atoms with van der Waals surface area (Å²) in [7, 11) is 0. The number of carbonyl (C=O) groups is 1. The van der Waals surface area contributed by atoms with Crippen LogP contribution in [0, 0.1) is 0 Å². The Bertz CT molecular complexity index is 1050. The van der Waals surface area contributed by atoms with Crippen LogP contribution in [0.1, 0.15) is 23.7 Å². The summed E-state index contributed by atoms with van der Waals surface area (Å²) in [5.74, 6) is 1.10. The summed E-state index contributed by atoms with van der Waals surface area (Å²) >= 11 is 0. The molecule has 0 atom stereocenters. The minimum Gasteiger partial charge on any atom is -0.463 e. The zero-order valence-corrected chi connectivity index (χ0v) is 14.3. The number of benzene rings is 1. The van der Waals surface area contributed by atoms with E-state index >= 15 is 0 Å². The van der Waals surface area contributed by atoms with E-state index in [1.807, 2.05) is 30.3 Å². The maximum atomic E-state index is 13.0. The number of nitrogens with one attached hydrogen (secondary N) is 1. The molecule has 26 heavy (non-hydrogen) atoms. The van der Waals surface area contributed by atoms with Crippen LogP contribution in [-0.4, -0.2) is 20.7 Å². The predicted molar refractivity (Wildman–Crippen MR) is 99.9 cm³/mol. The Morgan fingerprint density at radius 2 is 2.08 bits per heavy atom. The molecule has 0 unspecified atom stereocenters. The summed E-state index contributed by atoms with van der Waals surface area (Å²) in [4.78, 5) is 17.6. The van der Waals surface area contributed by atoms with Crippen molar-refractivity contribution in [3.63, 3.8) is 0 Å². The van der Waals surface area contributed by atoms with Gasteiger partial charge >= 0.3 is 0 Å². The van der Waals surface area contributed by atoms with Crippen molar-refractivity contribution in [2.24, 2.45) is 0 Å². The number of fused-ring (bicyclic) bond motifs is 1. The molecule has 1 N–H and O–H groups in total. The van der Waals surface area contributed by atoms with Gasteiger partial charge in [0.1, 0.15) is 11.5 Å². The number of nitrogens with zero attached hydrogens (tertiary/aromatic N) is 3. The SMILES string of the molecule is CCCn1nccc1NC(=O)c1cc(-c2ccco2)nc2ccccc12. The smallest absolute Gasteiger partial charge is 0.257 e. The van der Waals surface area contributed by atoms with Gasteiger partial charge in [-0.1, -0.05) is 25.1 Å². The highest BCUT2D eigenvalue weighted by atomic mass is 16.3. The molecule has 3 heterocycles. The van der Waals surface area contributed by atoms with Crippen LogP contribution in [-0.2, 0) is 6.54 Å². The molecular formula is C20H18N4O2. The number of hydrogen-bond donors (Lipinski definition) is 1. The van der Waals surface area contributed by atoms with E-state index in [4.69, 9.17) is 4.42 Å². The fourth-order valence-corrected chi connectivity index (χ4v) is 2.93. The van der Waals surface area contributed by atoms with Gasteiger partial charge in [-0.3, -0.25) is 4.79 Å². The average molecular weight is 346 g/mol. The summed E-state index contributed by atoms with van der Waals surface area (Å²) < 4.78 is 7.24. The monoisotopic (exact) mass is 346 g/mol. The molecule has 1 aromatic carbocycles. The van der Waals surface area contributed by atoms with Gasteiger partial charge in [0, 0.05) is 18.0 Å². The Morgan fingerprint density at radius 1 is 1.19 bits per heavy atom. The second-order valence-corrected chi connectivity index (χ2v) is 5.94. The first-order valence-electron chi connectivity index (χ1n) is 8.53. The summed E-state index contributed by atoms with van der Waals surface area (Å²) in [5, 5.41) is 8.00. The summed E-state index contributed by atoms with van der Waals surface area (Å²) in [6.45, 7) is 2.82. The van der Waals surface area contributed by atoms with Crippen molar-refractivity contribution < 1.29 is 9.21 Å². The summed E-state index contributed by atoms with van der Waals surface area (Å²) in [6.07, 6.45) is 4.21. The predicted octanol–water partition coefficient (Wildman–Crippen LogP) is 4.35. The molecule has 0 saturated carbocycles. The highest BCUT2D eigenvalue weighted by Crippen LogP contribution is 2.26. The highest BCUT2D eigenvalue weighted by molar-refractivity contribution is 6.12. The van der Waals surface area contributed by atoms with E-state index in [0.29, 0.717) is 22.8 Å². The highest BCUT2D eigenvalue weighted by Gasteiger charge is 2.16. The lowest BCUT2D eigenvalue weighted by Crippen LogP contribution is -2.16. The van der Waals surface area contributed by atoms with Crippen LogP contribution in [0.2, 0.25) is 0 Å². The van der Waals surface area contributed by atoms with Crippen LogP contribution in [0.3, 0.4) is 0 Å². The number of aromatic nitrogens is 3. The van der Waals surface area contributed by atoms with Crippen LogP contribution in [0.5, 0.6) is 0 Å². The van der Waals surface area contributed by atoms with Crippen molar-refractivity contribution in [2.75, 3.05) is 5.32 Å². The van der Waals surface area contributed by atoms with E-state index in [-0.39, 0.29) is 5.91 Å². The van der Waals surface area contributed by atoms with Crippen LogP contribution in [0.25, 0.3) is 22.4 Å². The standard InChI is InChI=1S/C20H18N4O2/c1-2-11-24-19(9-10-21-24)23-20(25)15-13-17(18-8-5-12-26-18)22-16-7-4-3-6-14(15)16/h3-10,12-13H,2,11H2,1H3,(H,23,25). The van der Waals surface area contributed by atoms with Crippen molar-refractivity contribution in [2.45, 2.75) is 19.9 Å². The number of rotatable bonds is 5. The minimum atomic E-state index is -0.200. The topological polar surface area (TPSA) is 73.0 Å². The number of para-hydroxylation sites is 1.